The van der Waals surface area contributed by atoms with Crippen LogP contribution in [0.2, 0.25) is 0 Å². The van der Waals surface area contributed by atoms with E-state index in [9.17, 15) is 9.90 Å². The Labute approximate surface area is 134 Å². The fraction of sp³-hybridized carbons (Fsp3) is 0.429. The molecule has 1 aliphatic rings. The van der Waals surface area contributed by atoms with Crippen molar-refractivity contribution >= 4 is 35.1 Å². The molecule has 5 nitrogen and oxygen atoms in total. The van der Waals surface area contributed by atoms with Crippen molar-refractivity contribution < 1.29 is 14.6 Å². The third-order valence-electron chi connectivity index (χ3n) is 3.35. The van der Waals surface area contributed by atoms with Crippen LogP contribution in [0.1, 0.15) is 12.5 Å². The lowest BCUT2D eigenvalue weighted by Gasteiger charge is -2.35. The van der Waals surface area contributed by atoms with Crippen LogP contribution in [0.3, 0.4) is 0 Å². The van der Waals surface area contributed by atoms with Crippen molar-refractivity contribution in [3.8, 4) is 11.5 Å². The first-order chi connectivity index (χ1) is 9.95. The van der Waals surface area contributed by atoms with Crippen molar-refractivity contribution in [2.75, 3.05) is 26.2 Å². The number of hydrogen-bond acceptors (Lipinski definition) is 5. The summed E-state index contributed by atoms with van der Waals surface area (Å²) in [7, 11) is 0. The molecule has 1 aromatic carbocycles. The third-order valence-corrected chi connectivity index (χ3v) is 3.89. The monoisotopic (exact) mass is 326 g/mol. The van der Waals surface area contributed by atoms with Gasteiger partial charge in [0.05, 0.1) is 0 Å². The van der Waals surface area contributed by atoms with Gasteiger partial charge < -0.3 is 14.7 Å². The highest BCUT2D eigenvalue weighted by Crippen LogP contribution is 2.25. The van der Waals surface area contributed by atoms with Gasteiger partial charge in [-0.1, -0.05) is 12.2 Å². The first kappa shape index (κ1) is 16.1. The summed E-state index contributed by atoms with van der Waals surface area (Å²) in [6, 6.07) is 4.83. The zero-order valence-corrected chi connectivity index (χ0v) is 13.5. The van der Waals surface area contributed by atoms with Gasteiger partial charge in [-0.05, 0) is 18.2 Å². The van der Waals surface area contributed by atoms with Gasteiger partial charge in [-0.3, -0.25) is 9.69 Å². The van der Waals surface area contributed by atoms with Crippen LogP contribution >= 0.6 is 24.8 Å². The Kier molecular flexibility index (Phi) is 5.44. The number of aromatic hydroxyl groups is 1. The maximum Gasteiger partial charge on any atom is 0.308 e. The molecule has 0 aromatic heterocycles. The Bertz CT molecular complexity index is 543. The molecular weight excluding hydrogens is 308 g/mol. The number of rotatable bonds is 3. The first-order valence-corrected chi connectivity index (χ1v) is 7.52. The highest BCUT2D eigenvalue weighted by Gasteiger charge is 2.18. The van der Waals surface area contributed by atoms with Crippen LogP contribution in [0.5, 0.6) is 11.5 Å². The molecule has 2 rings (SSSR count). The summed E-state index contributed by atoms with van der Waals surface area (Å²) < 4.78 is 5.66. The number of nitrogens with zero attached hydrogens (tertiary/aromatic N) is 2. The molecule has 1 saturated heterocycles. The van der Waals surface area contributed by atoms with E-state index in [2.05, 4.69) is 17.5 Å². The number of carbonyl (C=O) groups excluding carboxylic acids is 1. The number of esters is 1. The van der Waals surface area contributed by atoms with Gasteiger partial charge in [0.1, 0.15) is 15.8 Å². The number of phenols is 1. The van der Waals surface area contributed by atoms with Gasteiger partial charge in [-0.15, -0.1) is 12.6 Å². The molecule has 1 fully saturated rings. The van der Waals surface area contributed by atoms with E-state index in [1.807, 2.05) is 4.90 Å². The number of ether oxygens (including phenoxy) is 1. The van der Waals surface area contributed by atoms with E-state index < -0.39 is 0 Å². The molecular formula is C14H18N2O3S2. The number of thiocarbonyl (C=S) groups is 1. The Morgan fingerprint density at radius 1 is 1.38 bits per heavy atom. The Hall–Kier alpha value is -1.31. The molecule has 0 bridgehead atoms. The van der Waals surface area contributed by atoms with E-state index in [4.69, 9.17) is 17.0 Å². The van der Waals surface area contributed by atoms with Gasteiger partial charge in [0, 0.05) is 45.2 Å². The van der Waals surface area contributed by atoms with E-state index in [1.54, 1.807) is 18.2 Å². The summed E-state index contributed by atoms with van der Waals surface area (Å²) in [4.78, 5) is 15.2. The van der Waals surface area contributed by atoms with E-state index in [1.165, 1.54) is 6.92 Å². The van der Waals surface area contributed by atoms with Crippen molar-refractivity contribution in [1.29, 1.82) is 0 Å². The fourth-order valence-electron chi connectivity index (χ4n) is 2.26. The summed E-state index contributed by atoms with van der Waals surface area (Å²) in [5.74, 6) is 0.283. The Morgan fingerprint density at radius 3 is 2.62 bits per heavy atom. The smallest absolute Gasteiger partial charge is 0.308 e. The third kappa shape index (κ3) is 4.59. The zero-order chi connectivity index (χ0) is 15.4. The number of benzene rings is 1. The van der Waals surface area contributed by atoms with Crippen LogP contribution in [-0.4, -0.2) is 51.4 Å². The van der Waals surface area contributed by atoms with Gasteiger partial charge in [-0.2, -0.15) is 0 Å². The highest BCUT2D eigenvalue weighted by atomic mass is 32.1. The summed E-state index contributed by atoms with van der Waals surface area (Å²) in [5.41, 5.74) is 0.746. The maximum atomic E-state index is 11.0. The molecule has 1 aliphatic heterocycles. The number of piperazine rings is 1. The molecule has 7 heteroatoms. The van der Waals surface area contributed by atoms with E-state index in [0.717, 1.165) is 31.7 Å². The molecule has 1 N–H and O–H groups in total. The molecule has 1 aromatic rings. The van der Waals surface area contributed by atoms with Crippen molar-refractivity contribution in [2.45, 2.75) is 13.5 Å². The lowest BCUT2D eigenvalue weighted by molar-refractivity contribution is -0.131. The average Bonchev–Trinajstić information content (AvgIpc) is 2.42. The minimum atomic E-state index is -0.373. The predicted molar refractivity (Wildman–Crippen MR) is 87.8 cm³/mol. The van der Waals surface area contributed by atoms with Crippen LogP contribution in [0, 0.1) is 0 Å². The Morgan fingerprint density at radius 2 is 2.05 bits per heavy atom. The molecule has 0 amide bonds. The second-order valence-corrected chi connectivity index (χ2v) is 6.04. The summed E-state index contributed by atoms with van der Waals surface area (Å²) in [6.45, 7) is 5.30. The lowest BCUT2D eigenvalue weighted by Crippen LogP contribution is -2.46. The van der Waals surface area contributed by atoms with Crippen LogP contribution in [0.15, 0.2) is 18.2 Å². The molecule has 0 unspecified atom stereocenters. The maximum absolute atomic E-state index is 11.0. The van der Waals surface area contributed by atoms with Crippen molar-refractivity contribution in [1.82, 2.24) is 9.80 Å². The molecule has 1 heterocycles. The quantitative estimate of drug-likeness (QED) is 0.381. The SMILES string of the molecule is CC(=O)Oc1ccc(O)c(CN2CCN(C(=S)S)CC2)c1. The second kappa shape index (κ2) is 7.11. The molecule has 0 atom stereocenters. The predicted octanol–water partition coefficient (Wildman–Crippen LogP) is 1.65. The van der Waals surface area contributed by atoms with Gasteiger partial charge in [0.2, 0.25) is 0 Å². The number of thiol groups is 1. The topological polar surface area (TPSA) is 53.0 Å². The average molecular weight is 326 g/mol. The molecule has 114 valence electrons. The summed E-state index contributed by atoms with van der Waals surface area (Å²) in [5, 5.41) is 9.93. The number of phenolic OH excluding ortho intramolecular Hbond substituents is 1. The minimum absolute atomic E-state index is 0.207. The van der Waals surface area contributed by atoms with Crippen molar-refractivity contribution in [2.24, 2.45) is 0 Å². The fourth-order valence-corrected chi connectivity index (χ4v) is 2.64. The summed E-state index contributed by atoms with van der Waals surface area (Å²) in [6.07, 6.45) is 0. The van der Waals surface area contributed by atoms with E-state index in [0.29, 0.717) is 16.6 Å². The first-order valence-electron chi connectivity index (χ1n) is 6.66. The number of carbonyl (C=O) groups is 1. The van der Waals surface area contributed by atoms with Gasteiger partial charge in [0.25, 0.3) is 0 Å². The van der Waals surface area contributed by atoms with E-state index in [-0.39, 0.29) is 11.7 Å². The minimum Gasteiger partial charge on any atom is -0.508 e. The Balaban J connectivity index is 1.99. The van der Waals surface area contributed by atoms with Crippen LogP contribution < -0.4 is 4.74 Å². The molecule has 0 saturated carbocycles. The number of hydrogen-bond donors (Lipinski definition) is 2. The van der Waals surface area contributed by atoms with Gasteiger partial charge >= 0.3 is 5.97 Å². The molecule has 0 spiro atoms. The largest absolute Gasteiger partial charge is 0.508 e. The van der Waals surface area contributed by atoms with Gasteiger partial charge in [-0.25, -0.2) is 0 Å². The standard InChI is InChI=1S/C14H18N2O3S2/c1-10(17)19-12-2-3-13(18)11(8-12)9-15-4-6-16(7-5-15)14(20)21/h2-3,8,18H,4-7,9H2,1H3,(H,20,21). The van der Waals surface area contributed by atoms with Crippen LogP contribution in [0.25, 0.3) is 0 Å². The highest BCUT2D eigenvalue weighted by molar-refractivity contribution is 8.10. The van der Waals surface area contributed by atoms with Crippen molar-refractivity contribution in [3.05, 3.63) is 23.8 Å². The van der Waals surface area contributed by atoms with Crippen LogP contribution in [0.4, 0.5) is 0 Å². The molecule has 0 aliphatic carbocycles. The normalized spacial score (nSPS) is 15.8. The summed E-state index contributed by atoms with van der Waals surface area (Å²) >= 11 is 9.23. The van der Waals surface area contributed by atoms with Gasteiger partial charge in [0.15, 0.2) is 0 Å². The van der Waals surface area contributed by atoms with Crippen molar-refractivity contribution in [3.63, 3.8) is 0 Å². The molecule has 0 radical (unpaired) electrons. The zero-order valence-electron chi connectivity index (χ0n) is 11.8. The lowest BCUT2D eigenvalue weighted by atomic mass is 10.1. The van der Waals surface area contributed by atoms with Crippen LogP contribution in [-0.2, 0) is 11.3 Å². The van der Waals surface area contributed by atoms with E-state index >= 15 is 0 Å². The second-order valence-electron chi connectivity index (χ2n) is 4.93. The molecule has 21 heavy (non-hydrogen) atoms.